The average molecular weight is 458 g/mol. The van der Waals surface area contributed by atoms with Gasteiger partial charge in [-0.15, -0.1) is 10.2 Å². The van der Waals surface area contributed by atoms with Gasteiger partial charge in [0.25, 0.3) is 0 Å². The van der Waals surface area contributed by atoms with Crippen molar-refractivity contribution in [1.29, 1.82) is 0 Å². The molecule has 1 heterocycles. The van der Waals surface area contributed by atoms with E-state index < -0.39 is 5.97 Å². The fourth-order valence-electron chi connectivity index (χ4n) is 3.05. The normalized spacial score (nSPS) is 11.3. The van der Waals surface area contributed by atoms with Crippen molar-refractivity contribution >= 4 is 28.5 Å². The Morgan fingerprint density at radius 2 is 1.64 bits per heavy atom. The first-order valence-electron chi connectivity index (χ1n) is 10.5. The lowest BCUT2D eigenvalue weighted by molar-refractivity contribution is -0.134. The second kappa shape index (κ2) is 10.6. The molecule has 0 unspecified atom stereocenters. The third kappa shape index (κ3) is 5.48. The summed E-state index contributed by atoms with van der Waals surface area (Å²) in [5.74, 6) is 0.130. The summed E-state index contributed by atoms with van der Waals surface area (Å²) in [5, 5.41) is 13.7. The summed E-state index contributed by atoms with van der Waals surface area (Å²) >= 11 is 1.10. The number of hydrazone groups is 1. The van der Waals surface area contributed by atoms with Gasteiger partial charge in [0.15, 0.2) is 5.82 Å². The Labute approximate surface area is 196 Å². The number of para-hydroxylation sites is 1. The fraction of sp³-hybridized carbons (Fsp3) is 0.120. The molecule has 7 nitrogen and oxygen atoms in total. The van der Waals surface area contributed by atoms with E-state index in [2.05, 4.69) is 20.7 Å². The van der Waals surface area contributed by atoms with E-state index >= 15 is 0 Å². The van der Waals surface area contributed by atoms with Crippen molar-refractivity contribution < 1.29 is 9.53 Å². The molecule has 4 rings (SSSR count). The molecule has 0 radical (unpaired) electrons. The van der Waals surface area contributed by atoms with Gasteiger partial charge in [-0.1, -0.05) is 66.2 Å². The van der Waals surface area contributed by atoms with Crippen LogP contribution >= 0.6 is 11.8 Å². The number of thioether (sulfide) groups is 1. The van der Waals surface area contributed by atoms with Gasteiger partial charge in [-0.3, -0.25) is 9.99 Å². The van der Waals surface area contributed by atoms with Crippen LogP contribution in [0.15, 0.2) is 95.2 Å². The number of esters is 1. The summed E-state index contributed by atoms with van der Waals surface area (Å²) < 4.78 is 7.14. The number of ether oxygens (including phenoxy) is 1. The minimum atomic E-state index is -0.536. The van der Waals surface area contributed by atoms with Gasteiger partial charge < -0.3 is 4.74 Å². The molecule has 0 amide bonds. The van der Waals surface area contributed by atoms with Crippen LogP contribution in [0.2, 0.25) is 0 Å². The van der Waals surface area contributed by atoms with Gasteiger partial charge in [0, 0.05) is 11.3 Å². The van der Waals surface area contributed by atoms with Crippen LogP contribution in [0.1, 0.15) is 12.5 Å². The molecular formula is C25H23N5O2S. The Morgan fingerprint density at radius 1 is 0.970 bits per heavy atom. The Bertz CT molecular complexity index is 1240. The average Bonchev–Trinajstić information content (AvgIpc) is 3.27. The van der Waals surface area contributed by atoms with E-state index in [-0.39, 0.29) is 11.7 Å². The zero-order valence-electron chi connectivity index (χ0n) is 18.3. The van der Waals surface area contributed by atoms with Crippen molar-refractivity contribution in [2.75, 3.05) is 12.0 Å². The van der Waals surface area contributed by atoms with Crippen molar-refractivity contribution in [3.63, 3.8) is 0 Å². The smallest absolute Gasteiger partial charge is 0.365 e. The van der Waals surface area contributed by atoms with Gasteiger partial charge in [-0.2, -0.15) is 5.10 Å². The zero-order valence-corrected chi connectivity index (χ0v) is 19.1. The number of anilines is 1. The first-order chi connectivity index (χ1) is 16.2. The lowest BCUT2D eigenvalue weighted by Gasteiger charge is -2.11. The molecule has 0 fully saturated rings. The van der Waals surface area contributed by atoms with E-state index in [0.717, 1.165) is 34.3 Å². The predicted molar refractivity (Wildman–Crippen MR) is 132 cm³/mol. The van der Waals surface area contributed by atoms with Crippen LogP contribution in [0.25, 0.3) is 17.1 Å². The lowest BCUT2D eigenvalue weighted by Crippen LogP contribution is -2.17. The third-order valence-electron chi connectivity index (χ3n) is 4.66. The molecule has 166 valence electrons. The van der Waals surface area contributed by atoms with Gasteiger partial charge in [-0.05, 0) is 49.9 Å². The molecule has 0 saturated carbocycles. The highest BCUT2D eigenvalue weighted by molar-refractivity contribution is 8.15. The van der Waals surface area contributed by atoms with Crippen molar-refractivity contribution in [3.05, 3.63) is 90.5 Å². The van der Waals surface area contributed by atoms with E-state index in [0.29, 0.717) is 11.0 Å². The van der Waals surface area contributed by atoms with Crippen molar-refractivity contribution in [3.8, 4) is 17.1 Å². The van der Waals surface area contributed by atoms with E-state index in [1.165, 1.54) is 0 Å². The second-order valence-electron chi connectivity index (χ2n) is 7.06. The molecule has 0 aliphatic heterocycles. The van der Waals surface area contributed by atoms with E-state index in [1.807, 2.05) is 96.4 Å². The Balaban J connectivity index is 1.72. The van der Waals surface area contributed by atoms with Crippen molar-refractivity contribution in [2.24, 2.45) is 5.10 Å². The van der Waals surface area contributed by atoms with Gasteiger partial charge in [0.05, 0.1) is 12.3 Å². The maximum Gasteiger partial charge on any atom is 0.365 e. The van der Waals surface area contributed by atoms with Gasteiger partial charge in [-0.25, -0.2) is 4.79 Å². The molecule has 1 N–H and O–H groups in total. The first-order valence-corrected chi connectivity index (χ1v) is 11.3. The molecule has 0 saturated heterocycles. The van der Waals surface area contributed by atoms with E-state index in [4.69, 9.17) is 4.74 Å². The number of hydrogen-bond acceptors (Lipinski definition) is 7. The zero-order chi connectivity index (χ0) is 23.0. The molecule has 0 aliphatic carbocycles. The number of nitrogens with zero attached hydrogens (tertiary/aromatic N) is 4. The number of benzene rings is 3. The summed E-state index contributed by atoms with van der Waals surface area (Å²) in [6.07, 6.45) is 0. The number of rotatable bonds is 6. The summed E-state index contributed by atoms with van der Waals surface area (Å²) in [6.45, 7) is 4.00. The van der Waals surface area contributed by atoms with Crippen LogP contribution in [-0.2, 0) is 9.53 Å². The van der Waals surface area contributed by atoms with Crippen LogP contribution in [0.5, 0.6) is 0 Å². The quantitative estimate of drug-likeness (QED) is 0.139. The molecule has 0 bridgehead atoms. The molecule has 3 aromatic carbocycles. The van der Waals surface area contributed by atoms with Crippen molar-refractivity contribution in [1.82, 2.24) is 14.8 Å². The Morgan fingerprint density at radius 3 is 2.30 bits per heavy atom. The largest absolute Gasteiger partial charge is 0.461 e. The lowest BCUT2D eigenvalue weighted by atomic mass is 10.2. The van der Waals surface area contributed by atoms with E-state index in [9.17, 15) is 4.79 Å². The van der Waals surface area contributed by atoms with Crippen LogP contribution < -0.4 is 5.43 Å². The fourth-order valence-corrected chi connectivity index (χ4v) is 3.82. The van der Waals surface area contributed by atoms with Crippen LogP contribution in [0.3, 0.4) is 0 Å². The Hall–Kier alpha value is -3.91. The van der Waals surface area contributed by atoms with Crippen LogP contribution in [-0.4, -0.2) is 32.4 Å². The Kier molecular flexibility index (Phi) is 7.16. The maximum absolute atomic E-state index is 12.7. The highest BCUT2D eigenvalue weighted by atomic mass is 32.2. The number of aromatic nitrogens is 3. The molecule has 0 atom stereocenters. The predicted octanol–water partition coefficient (Wildman–Crippen LogP) is 5.32. The van der Waals surface area contributed by atoms with Crippen LogP contribution in [0.4, 0.5) is 5.69 Å². The summed E-state index contributed by atoms with van der Waals surface area (Å²) in [7, 11) is 0. The molecule has 0 spiro atoms. The molecular weight excluding hydrogens is 434 g/mol. The number of hydrogen-bond donors (Lipinski definition) is 1. The minimum Gasteiger partial charge on any atom is -0.461 e. The standard InChI is InChI=1S/C25H23N5O2S/c1-3-32-24(31)23(28-26-20-16-14-18(2)15-17-20)33-25-29-27-22(19-10-6-4-7-11-19)30(25)21-12-8-5-9-13-21/h4-17,26H,3H2,1-2H3. The topological polar surface area (TPSA) is 81.4 Å². The highest BCUT2D eigenvalue weighted by Crippen LogP contribution is 2.29. The maximum atomic E-state index is 12.7. The van der Waals surface area contributed by atoms with Gasteiger partial charge >= 0.3 is 5.97 Å². The number of aryl methyl sites for hydroxylation is 1. The summed E-state index contributed by atoms with van der Waals surface area (Å²) in [4.78, 5) is 12.7. The molecule has 0 aliphatic rings. The number of carbonyl (C=O) groups excluding carboxylic acids is 1. The van der Waals surface area contributed by atoms with Crippen LogP contribution in [0, 0.1) is 6.92 Å². The SMILES string of the molecule is CCOC(=O)C(=NNc1ccc(C)cc1)Sc1nnc(-c2ccccc2)n1-c1ccccc1. The highest BCUT2D eigenvalue weighted by Gasteiger charge is 2.22. The first kappa shape index (κ1) is 22.3. The summed E-state index contributed by atoms with van der Waals surface area (Å²) in [6, 6.07) is 27.3. The molecule has 33 heavy (non-hydrogen) atoms. The number of nitrogens with one attached hydrogen (secondary N) is 1. The van der Waals surface area contributed by atoms with Gasteiger partial charge in [0.1, 0.15) is 0 Å². The van der Waals surface area contributed by atoms with Crippen molar-refractivity contribution in [2.45, 2.75) is 19.0 Å². The van der Waals surface area contributed by atoms with E-state index in [1.54, 1.807) is 6.92 Å². The molecule has 8 heteroatoms. The minimum absolute atomic E-state index is 0.126. The monoisotopic (exact) mass is 457 g/mol. The third-order valence-corrected chi connectivity index (χ3v) is 5.55. The molecule has 4 aromatic rings. The van der Waals surface area contributed by atoms with Gasteiger partial charge in [0.2, 0.25) is 10.2 Å². The summed E-state index contributed by atoms with van der Waals surface area (Å²) in [5.41, 5.74) is 6.62. The number of carbonyl (C=O) groups is 1. The second-order valence-corrected chi connectivity index (χ2v) is 8.02. The molecule has 1 aromatic heterocycles.